The van der Waals surface area contributed by atoms with E-state index in [1.165, 1.54) is 6.54 Å². The van der Waals surface area contributed by atoms with E-state index in [9.17, 15) is 0 Å². The predicted octanol–water partition coefficient (Wildman–Crippen LogP) is 1.82. The normalized spacial score (nSPS) is 12.9. The van der Waals surface area contributed by atoms with Crippen molar-refractivity contribution in [2.45, 2.75) is 27.7 Å². The average molecular weight is 186 g/mol. The van der Waals surface area contributed by atoms with Crippen LogP contribution in [0.25, 0.3) is 0 Å². The molecular formula is C11H26N2. The quantitative estimate of drug-likeness (QED) is 0.681. The number of hydrogen-bond donors (Lipinski definition) is 1. The maximum Gasteiger partial charge on any atom is 0.00419 e. The minimum absolute atomic E-state index is 0.373. The van der Waals surface area contributed by atoms with Crippen molar-refractivity contribution < 1.29 is 0 Å². The molecule has 0 saturated carbocycles. The van der Waals surface area contributed by atoms with Gasteiger partial charge in [0, 0.05) is 19.6 Å². The molecule has 0 heterocycles. The third-order valence-electron chi connectivity index (χ3n) is 2.03. The summed E-state index contributed by atoms with van der Waals surface area (Å²) in [5, 5.41) is 3.24. The first-order chi connectivity index (χ1) is 5.87. The van der Waals surface area contributed by atoms with Crippen molar-refractivity contribution in [3.8, 4) is 0 Å². The summed E-state index contributed by atoms with van der Waals surface area (Å²) < 4.78 is 0. The van der Waals surface area contributed by atoms with Crippen LogP contribution in [0.2, 0.25) is 0 Å². The fourth-order valence-electron chi connectivity index (χ4n) is 1.95. The molecule has 0 fully saturated rings. The summed E-state index contributed by atoms with van der Waals surface area (Å²) in [5.41, 5.74) is 0.373. The Labute approximate surface area is 83.7 Å². The lowest BCUT2D eigenvalue weighted by Gasteiger charge is -2.31. The SMILES string of the molecule is CNCC(C)(C)CN(C)CC(C)C. The molecule has 0 aromatic heterocycles. The Morgan fingerprint density at radius 1 is 1.31 bits per heavy atom. The molecule has 0 aliphatic heterocycles. The zero-order valence-electron chi connectivity index (χ0n) is 10.1. The minimum Gasteiger partial charge on any atom is -0.319 e. The minimum atomic E-state index is 0.373. The molecule has 0 aromatic carbocycles. The Balaban J connectivity index is 3.81. The van der Waals surface area contributed by atoms with Crippen LogP contribution in [0.15, 0.2) is 0 Å². The van der Waals surface area contributed by atoms with Gasteiger partial charge in [-0.15, -0.1) is 0 Å². The summed E-state index contributed by atoms with van der Waals surface area (Å²) in [7, 11) is 4.22. The lowest BCUT2D eigenvalue weighted by atomic mass is 9.92. The van der Waals surface area contributed by atoms with Gasteiger partial charge in [0.15, 0.2) is 0 Å². The van der Waals surface area contributed by atoms with Gasteiger partial charge in [0.2, 0.25) is 0 Å². The molecule has 0 amide bonds. The molecule has 0 aliphatic rings. The Kier molecular flexibility index (Phi) is 5.57. The Morgan fingerprint density at radius 3 is 2.23 bits per heavy atom. The van der Waals surface area contributed by atoms with Crippen LogP contribution in [-0.2, 0) is 0 Å². The van der Waals surface area contributed by atoms with Gasteiger partial charge in [0.05, 0.1) is 0 Å². The van der Waals surface area contributed by atoms with Gasteiger partial charge < -0.3 is 10.2 Å². The fraction of sp³-hybridized carbons (Fsp3) is 1.00. The molecular weight excluding hydrogens is 160 g/mol. The van der Waals surface area contributed by atoms with E-state index >= 15 is 0 Å². The van der Waals surface area contributed by atoms with Crippen LogP contribution in [0, 0.1) is 11.3 Å². The third-order valence-corrected chi connectivity index (χ3v) is 2.03. The molecule has 2 nitrogen and oxygen atoms in total. The molecule has 0 aliphatic carbocycles. The first-order valence-corrected chi connectivity index (χ1v) is 5.20. The highest BCUT2D eigenvalue weighted by atomic mass is 15.1. The lowest BCUT2D eigenvalue weighted by Crippen LogP contribution is -2.39. The first-order valence-electron chi connectivity index (χ1n) is 5.20. The third kappa shape index (κ3) is 7.03. The van der Waals surface area contributed by atoms with Crippen LogP contribution in [-0.4, -0.2) is 38.6 Å². The monoisotopic (exact) mass is 186 g/mol. The van der Waals surface area contributed by atoms with Crippen LogP contribution in [0.5, 0.6) is 0 Å². The maximum absolute atomic E-state index is 3.24. The van der Waals surface area contributed by atoms with E-state index in [0.29, 0.717) is 5.41 Å². The van der Waals surface area contributed by atoms with Gasteiger partial charge >= 0.3 is 0 Å². The zero-order valence-corrected chi connectivity index (χ0v) is 10.1. The summed E-state index contributed by atoms with van der Waals surface area (Å²) in [6, 6.07) is 0. The molecule has 0 aromatic rings. The van der Waals surface area contributed by atoms with E-state index < -0.39 is 0 Å². The molecule has 0 saturated heterocycles. The summed E-state index contributed by atoms with van der Waals surface area (Å²) in [6.45, 7) is 12.6. The zero-order chi connectivity index (χ0) is 10.5. The first kappa shape index (κ1) is 12.9. The van der Waals surface area contributed by atoms with E-state index in [4.69, 9.17) is 0 Å². The van der Waals surface area contributed by atoms with Gasteiger partial charge in [-0.05, 0) is 25.4 Å². The van der Waals surface area contributed by atoms with Crippen LogP contribution in [0.4, 0.5) is 0 Å². The summed E-state index contributed by atoms with van der Waals surface area (Å²) in [5.74, 6) is 0.760. The largest absolute Gasteiger partial charge is 0.319 e. The number of nitrogens with zero attached hydrogens (tertiary/aromatic N) is 1. The van der Waals surface area contributed by atoms with Gasteiger partial charge in [-0.2, -0.15) is 0 Å². The second kappa shape index (κ2) is 5.61. The van der Waals surface area contributed by atoms with Gasteiger partial charge in [-0.3, -0.25) is 0 Å². The topological polar surface area (TPSA) is 15.3 Å². The standard InChI is InChI=1S/C11H26N2/c1-10(2)7-13(6)9-11(3,4)8-12-5/h10,12H,7-9H2,1-6H3. The predicted molar refractivity (Wildman–Crippen MR) is 60.0 cm³/mol. The lowest BCUT2D eigenvalue weighted by molar-refractivity contribution is 0.192. The highest BCUT2D eigenvalue weighted by Crippen LogP contribution is 2.15. The number of hydrogen-bond acceptors (Lipinski definition) is 2. The van der Waals surface area contributed by atoms with Crippen molar-refractivity contribution in [1.82, 2.24) is 10.2 Å². The Morgan fingerprint density at radius 2 is 1.85 bits per heavy atom. The molecule has 1 N–H and O–H groups in total. The molecule has 80 valence electrons. The van der Waals surface area contributed by atoms with E-state index in [0.717, 1.165) is 19.0 Å². The van der Waals surface area contributed by atoms with Gasteiger partial charge in [0.25, 0.3) is 0 Å². The Bertz CT molecular complexity index is 130. The summed E-state index contributed by atoms with van der Waals surface area (Å²) >= 11 is 0. The highest BCUT2D eigenvalue weighted by molar-refractivity contribution is 4.74. The molecule has 0 atom stereocenters. The summed E-state index contributed by atoms with van der Waals surface area (Å²) in [6.07, 6.45) is 0. The van der Waals surface area contributed by atoms with Crippen molar-refractivity contribution in [1.29, 1.82) is 0 Å². The van der Waals surface area contributed by atoms with E-state index in [2.05, 4.69) is 45.0 Å². The van der Waals surface area contributed by atoms with Crippen LogP contribution >= 0.6 is 0 Å². The van der Waals surface area contributed by atoms with Crippen molar-refractivity contribution in [3.05, 3.63) is 0 Å². The highest BCUT2D eigenvalue weighted by Gasteiger charge is 2.19. The van der Waals surface area contributed by atoms with Crippen molar-refractivity contribution in [2.75, 3.05) is 33.7 Å². The van der Waals surface area contributed by atoms with Crippen molar-refractivity contribution in [2.24, 2.45) is 11.3 Å². The van der Waals surface area contributed by atoms with Gasteiger partial charge in [-0.1, -0.05) is 27.7 Å². The maximum atomic E-state index is 3.24. The Hall–Kier alpha value is -0.0800. The van der Waals surface area contributed by atoms with Crippen molar-refractivity contribution >= 4 is 0 Å². The second-order valence-corrected chi connectivity index (χ2v) is 5.29. The molecule has 0 unspecified atom stereocenters. The average Bonchev–Trinajstić information content (AvgIpc) is 1.81. The molecule has 0 rings (SSSR count). The fourth-order valence-corrected chi connectivity index (χ4v) is 1.95. The molecule has 0 bridgehead atoms. The van der Waals surface area contributed by atoms with E-state index in [1.807, 2.05) is 7.05 Å². The van der Waals surface area contributed by atoms with Crippen LogP contribution < -0.4 is 5.32 Å². The van der Waals surface area contributed by atoms with Crippen LogP contribution in [0.3, 0.4) is 0 Å². The number of nitrogens with one attached hydrogen (secondary N) is 1. The van der Waals surface area contributed by atoms with Crippen molar-refractivity contribution in [3.63, 3.8) is 0 Å². The van der Waals surface area contributed by atoms with Gasteiger partial charge in [0.1, 0.15) is 0 Å². The number of rotatable bonds is 6. The smallest absolute Gasteiger partial charge is 0.00419 e. The van der Waals surface area contributed by atoms with E-state index in [-0.39, 0.29) is 0 Å². The second-order valence-electron chi connectivity index (χ2n) is 5.29. The molecule has 0 spiro atoms. The van der Waals surface area contributed by atoms with Crippen LogP contribution in [0.1, 0.15) is 27.7 Å². The van der Waals surface area contributed by atoms with Gasteiger partial charge in [-0.25, -0.2) is 0 Å². The molecule has 13 heavy (non-hydrogen) atoms. The molecule has 0 radical (unpaired) electrons. The molecule has 2 heteroatoms. The van der Waals surface area contributed by atoms with E-state index in [1.54, 1.807) is 0 Å². The summed E-state index contributed by atoms with van der Waals surface area (Å²) in [4.78, 5) is 2.42.